The van der Waals surface area contributed by atoms with Gasteiger partial charge in [-0.1, -0.05) is 0 Å². The number of anilines is 2. The zero-order chi connectivity index (χ0) is 10.7. The third-order valence-corrected chi connectivity index (χ3v) is 2.00. The lowest BCUT2D eigenvalue weighted by Gasteiger charge is -2.02. The first-order chi connectivity index (χ1) is 7.28. The highest BCUT2D eigenvalue weighted by atomic mass is 15.2. The van der Waals surface area contributed by atoms with E-state index in [-0.39, 0.29) is 0 Å². The van der Waals surface area contributed by atoms with Crippen LogP contribution in [0.2, 0.25) is 0 Å². The molecule has 0 amide bonds. The van der Waals surface area contributed by atoms with Gasteiger partial charge >= 0.3 is 0 Å². The molecule has 0 saturated carbocycles. The second kappa shape index (κ2) is 3.84. The Labute approximate surface area is 87.6 Å². The molecule has 4 heteroatoms. The van der Waals surface area contributed by atoms with Gasteiger partial charge in [-0.25, -0.2) is 0 Å². The van der Waals surface area contributed by atoms with Crippen LogP contribution in [-0.4, -0.2) is 10.2 Å². The summed E-state index contributed by atoms with van der Waals surface area (Å²) >= 11 is 0. The van der Waals surface area contributed by atoms with E-state index >= 15 is 0 Å². The van der Waals surface area contributed by atoms with E-state index in [9.17, 15) is 0 Å². The van der Waals surface area contributed by atoms with Gasteiger partial charge in [-0.3, -0.25) is 5.10 Å². The van der Waals surface area contributed by atoms with Crippen LogP contribution in [0.1, 0.15) is 11.3 Å². The third kappa shape index (κ3) is 2.15. The summed E-state index contributed by atoms with van der Waals surface area (Å²) in [5, 5.41) is 18.6. The maximum Gasteiger partial charge on any atom is 0.126 e. The second-order valence-electron chi connectivity index (χ2n) is 3.24. The van der Waals surface area contributed by atoms with Gasteiger partial charge in [0, 0.05) is 11.8 Å². The summed E-state index contributed by atoms with van der Waals surface area (Å²) in [6.07, 6.45) is 0. The Morgan fingerprint density at radius 1 is 1.33 bits per heavy atom. The molecule has 1 heterocycles. The molecule has 0 unspecified atom stereocenters. The van der Waals surface area contributed by atoms with E-state index in [1.54, 1.807) is 12.1 Å². The number of nitriles is 1. The van der Waals surface area contributed by atoms with Crippen LogP contribution in [0.25, 0.3) is 0 Å². The number of aromatic amines is 1. The summed E-state index contributed by atoms with van der Waals surface area (Å²) in [5.74, 6) is 0.845. The predicted octanol–water partition coefficient (Wildman–Crippen LogP) is 2.33. The molecular weight excluding hydrogens is 188 g/mol. The Bertz CT molecular complexity index is 490. The average Bonchev–Trinajstić information content (AvgIpc) is 2.65. The van der Waals surface area contributed by atoms with E-state index in [2.05, 4.69) is 21.6 Å². The Hall–Kier alpha value is -2.28. The Morgan fingerprint density at radius 3 is 2.60 bits per heavy atom. The average molecular weight is 198 g/mol. The van der Waals surface area contributed by atoms with E-state index < -0.39 is 0 Å². The van der Waals surface area contributed by atoms with Crippen LogP contribution in [0.3, 0.4) is 0 Å². The van der Waals surface area contributed by atoms with E-state index in [0.29, 0.717) is 5.56 Å². The molecule has 1 aromatic carbocycles. The molecule has 0 radical (unpaired) electrons. The van der Waals surface area contributed by atoms with Crippen molar-refractivity contribution >= 4 is 11.5 Å². The normalized spacial score (nSPS) is 9.60. The molecule has 0 spiro atoms. The van der Waals surface area contributed by atoms with Gasteiger partial charge in [0.05, 0.1) is 17.3 Å². The predicted molar refractivity (Wildman–Crippen MR) is 57.8 cm³/mol. The molecule has 1 aromatic heterocycles. The van der Waals surface area contributed by atoms with Crippen LogP contribution < -0.4 is 5.32 Å². The van der Waals surface area contributed by atoms with Gasteiger partial charge in [0.25, 0.3) is 0 Å². The van der Waals surface area contributed by atoms with Gasteiger partial charge in [-0.05, 0) is 31.2 Å². The highest BCUT2D eigenvalue weighted by molar-refractivity contribution is 5.57. The van der Waals surface area contributed by atoms with E-state index in [0.717, 1.165) is 17.2 Å². The zero-order valence-electron chi connectivity index (χ0n) is 8.28. The molecule has 0 atom stereocenters. The summed E-state index contributed by atoms with van der Waals surface area (Å²) < 4.78 is 0. The lowest BCUT2D eigenvalue weighted by atomic mass is 10.2. The van der Waals surface area contributed by atoms with Gasteiger partial charge in [-0.2, -0.15) is 10.4 Å². The van der Waals surface area contributed by atoms with E-state index in [4.69, 9.17) is 5.26 Å². The first kappa shape index (κ1) is 9.28. The summed E-state index contributed by atoms with van der Waals surface area (Å²) in [6.45, 7) is 1.92. The van der Waals surface area contributed by atoms with Gasteiger partial charge in [-0.15, -0.1) is 0 Å². The number of hydrogen-bond donors (Lipinski definition) is 2. The van der Waals surface area contributed by atoms with Crippen molar-refractivity contribution in [1.29, 1.82) is 5.26 Å². The highest BCUT2D eigenvalue weighted by Crippen LogP contribution is 2.15. The quantitative estimate of drug-likeness (QED) is 0.778. The maximum atomic E-state index is 8.63. The highest BCUT2D eigenvalue weighted by Gasteiger charge is 1.97. The number of benzene rings is 1. The molecule has 0 aliphatic carbocycles. The van der Waals surface area contributed by atoms with Crippen LogP contribution in [-0.2, 0) is 0 Å². The van der Waals surface area contributed by atoms with Crippen molar-refractivity contribution in [1.82, 2.24) is 10.2 Å². The molecule has 0 aliphatic rings. The van der Waals surface area contributed by atoms with Gasteiger partial charge in [0.2, 0.25) is 0 Å². The minimum absolute atomic E-state index is 0.654. The van der Waals surface area contributed by atoms with Crippen LogP contribution in [0.15, 0.2) is 30.3 Å². The standard InChI is InChI=1S/C11H10N4/c1-8-6-11(15-14-8)13-10-4-2-9(7-12)3-5-10/h2-6H,1H3,(H2,13,14,15). The van der Waals surface area contributed by atoms with Crippen molar-refractivity contribution < 1.29 is 0 Å². The molecule has 0 saturated heterocycles. The first-order valence-electron chi connectivity index (χ1n) is 4.57. The van der Waals surface area contributed by atoms with Crippen molar-refractivity contribution in [3.8, 4) is 6.07 Å². The number of rotatable bonds is 2. The Kier molecular flexibility index (Phi) is 2.38. The minimum Gasteiger partial charge on any atom is -0.341 e. The fraction of sp³-hybridized carbons (Fsp3) is 0.0909. The fourth-order valence-corrected chi connectivity index (χ4v) is 1.27. The number of nitrogens with zero attached hydrogens (tertiary/aromatic N) is 2. The largest absolute Gasteiger partial charge is 0.341 e. The minimum atomic E-state index is 0.654. The Balaban J connectivity index is 2.15. The van der Waals surface area contributed by atoms with Crippen LogP contribution >= 0.6 is 0 Å². The number of aryl methyl sites for hydroxylation is 1. The third-order valence-electron chi connectivity index (χ3n) is 2.00. The monoisotopic (exact) mass is 198 g/mol. The Morgan fingerprint density at radius 2 is 2.07 bits per heavy atom. The van der Waals surface area contributed by atoms with Crippen molar-refractivity contribution in [2.24, 2.45) is 0 Å². The SMILES string of the molecule is Cc1cc(Nc2ccc(C#N)cc2)[nH]n1. The fourth-order valence-electron chi connectivity index (χ4n) is 1.27. The molecule has 74 valence electrons. The summed E-state index contributed by atoms with van der Waals surface area (Å²) in [7, 11) is 0. The van der Waals surface area contributed by atoms with E-state index in [1.165, 1.54) is 0 Å². The van der Waals surface area contributed by atoms with Crippen LogP contribution in [0.5, 0.6) is 0 Å². The molecule has 0 fully saturated rings. The molecule has 2 aromatic rings. The van der Waals surface area contributed by atoms with Crippen molar-refractivity contribution in [2.45, 2.75) is 6.92 Å². The van der Waals surface area contributed by atoms with Gasteiger partial charge in [0.15, 0.2) is 0 Å². The van der Waals surface area contributed by atoms with Crippen molar-refractivity contribution in [3.63, 3.8) is 0 Å². The summed E-state index contributed by atoms with van der Waals surface area (Å²) in [6, 6.07) is 11.2. The molecule has 0 aliphatic heterocycles. The topological polar surface area (TPSA) is 64.5 Å². The van der Waals surface area contributed by atoms with Crippen LogP contribution in [0.4, 0.5) is 11.5 Å². The molecule has 2 N–H and O–H groups in total. The van der Waals surface area contributed by atoms with Crippen molar-refractivity contribution in [3.05, 3.63) is 41.6 Å². The van der Waals surface area contributed by atoms with Crippen LogP contribution in [0, 0.1) is 18.3 Å². The maximum absolute atomic E-state index is 8.63. The molecular formula is C11H10N4. The summed E-state index contributed by atoms with van der Waals surface area (Å²) in [5.41, 5.74) is 2.52. The molecule has 4 nitrogen and oxygen atoms in total. The van der Waals surface area contributed by atoms with Gasteiger partial charge < -0.3 is 5.32 Å². The number of H-pyrrole nitrogens is 1. The smallest absolute Gasteiger partial charge is 0.126 e. The number of hydrogen-bond acceptors (Lipinski definition) is 3. The van der Waals surface area contributed by atoms with Gasteiger partial charge in [0.1, 0.15) is 5.82 Å². The molecule has 2 rings (SSSR count). The molecule has 0 bridgehead atoms. The first-order valence-corrected chi connectivity index (χ1v) is 4.57. The van der Waals surface area contributed by atoms with E-state index in [1.807, 2.05) is 25.1 Å². The lowest BCUT2D eigenvalue weighted by molar-refractivity contribution is 1.05. The zero-order valence-corrected chi connectivity index (χ0v) is 8.28. The summed E-state index contributed by atoms with van der Waals surface area (Å²) in [4.78, 5) is 0. The van der Waals surface area contributed by atoms with Crippen molar-refractivity contribution in [2.75, 3.05) is 5.32 Å². The number of aromatic nitrogens is 2. The second-order valence-corrected chi connectivity index (χ2v) is 3.24. The molecule has 15 heavy (non-hydrogen) atoms. The lowest BCUT2D eigenvalue weighted by Crippen LogP contribution is -1.90. The number of nitrogens with one attached hydrogen (secondary N) is 2.